The maximum absolute atomic E-state index is 12.6. The van der Waals surface area contributed by atoms with E-state index in [1.165, 1.54) is 4.90 Å². The Balaban J connectivity index is 1.84. The number of furan rings is 1. The third kappa shape index (κ3) is 3.78. The lowest BCUT2D eigenvalue weighted by molar-refractivity contribution is -0.860. The number of halogens is 1. The van der Waals surface area contributed by atoms with Crippen LogP contribution in [0.4, 0.5) is 0 Å². The van der Waals surface area contributed by atoms with E-state index in [0.717, 1.165) is 17.5 Å². The fourth-order valence-electron chi connectivity index (χ4n) is 2.70. The second-order valence-electron chi connectivity index (χ2n) is 6.14. The molecule has 0 fully saturated rings. The highest BCUT2D eigenvalue weighted by Crippen LogP contribution is 2.23. The molecule has 3 rings (SSSR count). The van der Waals surface area contributed by atoms with Gasteiger partial charge in [0.15, 0.2) is 5.76 Å². The number of hydrogen-bond donors (Lipinski definition) is 2. The highest BCUT2D eigenvalue weighted by atomic mass is 35.5. The molecule has 0 unspecified atom stereocenters. The van der Waals surface area contributed by atoms with Gasteiger partial charge >= 0.3 is 0 Å². The molecule has 0 aliphatic carbocycles. The summed E-state index contributed by atoms with van der Waals surface area (Å²) in [5, 5.41) is 4.51. The van der Waals surface area contributed by atoms with Gasteiger partial charge < -0.3 is 14.6 Å². The van der Waals surface area contributed by atoms with Crippen molar-refractivity contribution in [2.45, 2.75) is 6.04 Å². The topological polar surface area (TPSA) is 46.7 Å². The number of benzene rings is 2. The number of nitrogens with one attached hydrogen (secondary N) is 2. The van der Waals surface area contributed by atoms with Gasteiger partial charge in [-0.3, -0.25) is 4.79 Å². The molecule has 0 spiro atoms. The quantitative estimate of drug-likeness (QED) is 0.748. The molecule has 2 N–H and O–H groups in total. The van der Waals surface area contributed by atoms with Gasteiger partial charge in [-0.2, -0.15) is 0 Å². The van der Waals surface area contributed by atoms with Crippen LogP contribution in [0.1, 0.15) is 22.2 Å². The van der Waals surface area contributed by atoms with Crippen LogP contribution in [0.5, 0.6) is 0 Å². The first-order valence-corrected chi connectivity index (χ1v) is 8.24. The Morgan fingerprint density at radius 3 is 2.62 bits per heavy atom. The molecule has 1 amide bonds. The Morgan fingerprint density at radius 2 is 1.92 bits per heavy atom. The standard InChI is InChI=1S/C19H19ClN2O2/c1-22(2)12-16(13-6-4-3-5-7-13)21-19(23)18-11-14-10-15(20)8-9-17(14)24-18/h3-11,16H,12H2,1-2H3,(H,21,23)/p+1/t16-/m0/s1. The second kappa shape index (κ2) is 7.07. The zero-order valence-electron chi connectivity index (χ0n) is 13.7. The van der Waals surface area contributed by atoms with Crippen molar-refractivity contribution < 1.29 is 14.1 Å². The van der Waals surface area contributed by atoms with E-state index in [0.29, 0.717) is 16.4 Å². The van der Waals surface area contributed by atoms with Crippen LogP contribution in [0, 0.1) is 0 Å². The lowest BCUT2D eigenvalue weighted by Gasteiger charge is -2.20. The van der Waals surface area contributed by atoms with Crippen molar-refractivity contribution in [3.63, 3.8) is 0 Å². The van der Waals surface area contributed by atoms with E-state index in [-0.39, 0.29) is 11.9 Å². The van der Waals surface area contributed by atoms with E-state index < -0.39 is 0 Å². The average Bonchev–Trinajstić information content (AvgIpc) is 2.98. The van der Waals surface area contributed by atoms with Crippen molar-refractivity contribution in [2.24, 2.45) is 0 Å². The molecule has 124 valence electrons. The number of amides is 1. The molecule has 0 aliphatic heterocycles. The lowest BCUT2D eigenvalue weighted by atomic mass is 10.1. The third-order valence-electron chi connectivity index (χ3n) is 3.82. The zero-order valence-corrected chi connectivity index (χ0v) is 14.4. The molecular formula is C19H20ClN2O2+. The molecule has 24 heavy (non-hydrogen) atoms. The van der Waals surface area contributed by atoms with Crippen LogP contribution in [-0.2, 0) is 0 Å². The number of likely N-dealkylation sites (N-methyl/N-ethyl adjacent to an activating group) is 1. The van der Waals surface area contributed by atoms with Crippen molar-refractivity contribution >= 4 is 28.5 Å². The van der Waals surface area contributed by atoms with Crippen molar-refractivity contribution in [1.82, 2.24) is 5.32 Å². The van der Waals surface area contributed by atoms with Crippen LogP contribution in [-0.4, -0.2) is 26.5 Å². The number of hydrogen-bond acceptors (Lipinski definition) is 2. The van der Waals surface area contributed by atoms with Crippen LogP contribution in [0.2, 0.25) is 5.02 Å². The molecule has 0 aliphatic rings. The van der Waals surface area contributed by atoms with Crippen LogP contribution in [0.3, 0.4) is 0 Å². The number of fused-ring (bicyclic) bond motifs is 1. The summed E-state index contributed by atoms with van der Waals surface area (Å²) in [6.07, 6.45) is 0. The molecule has 1 aromatic heterocycles. The summed E-state index contributed by atoms with van der Waals surface area (Å²) < 4.78 is 5.65. The minimum Gasteiger partial charge on any atom is -0.451 e. The van der Waals surface area contributed by atoms with Crippen LogP contribution in [0.25, 0.3) is 11.0 Å². The first-order chi connectivity index (χ1) is 11.5. The molecule has 3 aromatic rings. The Bertz CT molecular complexity index is 843. The Morgan fingerprint density at radius 1 is 1.17 bits per heavy atom. The lowest BCUT2D eigenvalue weighted by Crippen LogP contribution is -3.06. The molecular weight excluding hydrogens is 324 g/mol. The smallest absolute Gasteiger partial charge is 0.287 e. The van der Waals surface area contributed by atoms with Crippen molar-refractivity contribution in [2.75, 3.05) is 20.6 Å². The largest absolute Gasteiger partial charge is 0.451 e. The summed E-state index contributed by atoms with van der Waals surface area (Å²) in [7, 11) is 4.12. The Labute approximate surface area is 146 Å². The fraction of sp³-hybridized carbons (Fsp3) is 0.211. The molecule has 0 saturated heterocycles. The molecule has 0 saturated carbocycles. The van der Waals surface area contributed by atoms with E-state index in [2.05, 4.69) is 19.4 Å². The summed E-state index contributed by atoms with van der Waals surface area (Å²) in [6.45, 7) is 0.780. The molecule has 2 aromatic carbocycles. The average molecular weight is 344 g/mol. The fourth-order valence-corrected chi connectivity index (χ4v) is 2.88. The number of carbonyl (C=O) groups excluding carboxylic acids is 1. The summed E-state index contributed by atoms with van der Waals surface area (Å²) in [6, 6.07) is 16.9. The highest BCUT2D eigenvalue weighted by molar-refractivity contribution is 6.31. The number of carbonyl (C=O) groups is 1. The summed E-state index contributed by atoms with van der Waals surface area (Å²) in [4.78, 5) is 13.9. The highest BCUT2D eigenvalue weighted by Gasteiger charge is 2.20. The van der Waals surface area contributed by atoms with E-state index in [9.17, 15) is 4.79 Å². The van der Waals surface area contributed by atoms with Gasteiger partial charge in [0.2, 0.25) is 0 Å². The number of rotatable bonds is 5. The Kier molecular flexibility index (Phi) is 4.88. The van der Waals surface area contributed by atoms with Gasteiger partial charge in [-0.15, -0.1) is 0 Å². The van der Waals surface area contributed by atoms with Crippen LogP contribution in [0.15, 0.2) is 59.0 Å². The van der Waals surface area contributed by atoms with E-state index in [1.54, 1.807) is 24.3 Å². The monoisotopic (exact) mass is 343 g/mol. The van der Waals surface area contributed by atoms with Gasteiger partial charge in [-0.1, -0.05) is 41.9 Å². The SMILES string of the molecule is C[NH+](C)C[C@H](NC(=O)c1cc2cc(Cl)ccc2o1)c1ccccc1. The van der Waals surface area contributed by atoms with Crippen molar-refractivity contribution in [3.05, 3.63) is 70.9 Å². The normalized spacial score (nSPS) is 12.5. The predicted octanol–water partition coefficient (Wildman–Crippen LogP) is 2.70. The first kappa shape index (κ1) is 16.6. The van der Waals surface area contributed by atoms with Gasteiger partial charge in [-0.25, -0.2) is 0 Å². The molecule has 4 nitrogen and oxygen atoms in total. The summed E-state index contributed by atoms with van der Waals surface area (Å²) in [5.74, 6) is 0.0689. The number of quaternary nitrogens is 1. The molecule has 1 heterocycles. The molecule has 0 radical (unpaired) electrons. The maximum Gasteiger partial charge on any atom is 0.287 e. The molecule has 0 bridgehead atoms. The second-order valence-corrected chi connectivity index (χ2v) is 6.58. The minimum atomic E-state index is -0.225. The Hall–Kier alpha value is -2.30. The van der Waals surface area contributed by atoms with Crippen LogP contribution >= 0.6 is 11.6 Å². The van der Waals surface area contributed by atoms with Crippen molar-refractivity contribution in [3.8, 4) is 0 Å². The van der Waals surface area contributed by atoms with Gasteiger partial charge in [0.05, 0.1) is 14.1 Å². The van der Waals surface area contributed by atoms with Gasteiger partial charge in [0.1, 0.15) is 18.2 Å². The minimum absolute atomic E-state index is 0.0829. The third-order valence-corrected chi connectivity index (χ3v) is 4.06. The van der Waals surface area contributed by atoms with E-state index in [1.807, 2.05) is 30.3 Å². The summed E-state index contributed by atoms with van der Waals surface area (Å²) in [5.41, 5.74) is 1.73. The maximum atomic E-state index is 12.6. The van der Waals surface area contributed by atoms with Crippen molar-refractivity contribution in [1.29, 1.82) is 0 Å². The summed E-state index contributed by atoms with van der Waals surface area (Å²) >= 11 is 5.98. The van der Waals surface area contributed by atoms with Crippen LogP contribution < -0.4 is 10.2 Å². The molecule has 5 heteroatoms. The van der Waals surface area contributed by atoms with Gasteiger partial charge in [-0.05, 0) is 29.8 Å². The molecule has 1 atom stereocenters. The van der Waals surface area contributed by atoms with Gasteiger partial charge in [0, 0.05) is 10.4 Å². The first-order valence-electron chi connectivity index (χ1n) is 7.87. The van der Waals surface area contributed by atoms with Gasteiger partial charge in [0.25, 0.3) is 5.91 Å². The predicted molar refractivity (Wildman–Crippen MR) is 95.6 cm³/mol. The van der Waals surface area contributed by atoms with E-state index >= 15 is 0 Å². The van der Waals surface area contributed by atoms with E-state index in [4.69, 9.17) is 16.0 Å². The zero-order chi connectivity index (χ0) is 17.1.